The summed E-state index contributed by atoms with van der Waals surface area (Å²) in [6.07, 6.45) is 0. The lowest BCUT2D eigenvalue weighted by Gasteiger charge is -2.30. The number of ether oxygens (including phenoxy) is 2. The molecule has 2 aromatic rings. The number of ketones is 1. The van der Waals surface area contributed by atoms with Crippen LogP contribution in [-0.4, -0.2) is 17.4 Å². The molecule has 0 radical (unpaired) electrons. The highest BCUT2D eigenvalue weighted by Crippen LogP contribution is 2.43. The van der Waals surface area contributed by atoms with Gasteiger partial charge in [-0.25, -0.2) is 0 Å². The van der Waals surface area contributed by atoms with Crippen molar-refractivity contribution in [1.82, 2.24) is 4.90 Å². The normalized spacial score (nSPS) is 16.0. The third-order valence-corrected chi connectivity index (χ3v) is 4.96. The molecule has 0 saturated carbocycles. The Balaban J connectivity index is 1.63. The molecule has 0 aliphatic carbocycles. The first kappa shape index (κ1) is 16.9. The van der Waals surface area contributed by atoms with Crippen LogP contribution in [0.15, 0.2) is 41.7 Å². The van der Waals surface area contributed by atoms with E-state index in [1.165, 1.54) is 11.1 Å². The fourth-order valence-electron chi connectivity index (χ4n) is 3.57. The predicted octanol–water partition coefficient (Wildman–Crippen LogP) is 4.52. The molecular weight excluding hydrogens is 326 g/mol. The molecule has 0 amide bonds. The number of hydrogen-bond acceptors (Lipinski definition) is 4. The van der Waals surface area contributed by atoms with Crippen molar-refractivity contribution in [2.24, 2.45) is 0 Å². The van der Waals surface area contributed by atoms with E-state index in [0.29, 0.717) is 23.8 Å². The van der Waals surface area contributed by atoms with Gasteiger partial charge in [-0.2, -0.15) is 0 Å². The van der Waals surface area contributed by atoms with Gasteiger partial charge in [0.05, 0.1) is 5.56 Å². The molecule has 0 fully saturated rings. The molecule has 4 heteroatoms. The quantitative estimate of drug-likeness (QED) is 0.747. The van der Waals surface area contributed by atoms with Crippen molar-refractivity contribution >= 4 is 5.78 Å². The average Bonchev–Trinajstić information content (AvgIpc) is 2.94. The third kappa shape index (κ3) is 2.80. The van der Waals surface area contributed by atoms with Crippen molar-refractivity contribution in [3.8, 4) is 11.5 Å². The zero-order valence-corrected chi connectivity index (χ0v) is 15.7. The van der Waals surface area contributed by atoms with E-state index in [0.717, 1.165) is 35.5 Å². The van der Waals surface area contributed by atoms with Crippen LogP contribution in [0.2, 0.25) is 0 Å². The molecule has 0 aromatic heterocycles. The molecule has 0 spiro atoms. The average molecular weight is 349 g/mol. The highest BCUT2D eigenvalue weighted by atomic mass is 16.5. The van der Waals surface area contributed by atoms with Crippen molar-refractivity contribution in [1.29, 1.82) is 0 Å². The molecule has 134 valence electrons. The molecule has 2 aliphatic heterocycles. The minimum absolute atomic E-state index is 0.0263. The zero-order chi connectivity index (χ0) is 18.4. The summed E-state index contributed by atoms with van der Waals surface area (Å²) in [5.41, 5.74) is 6.02. The minimum Gasteiger partial charge on any atom is -0.477 e. The number of aryl methyl sites for hydroxylation is 1. The molecule has 2 aromatic carbocycles. The van der Waals surface area contributed by atoms with Crippen molar-refractivity contribution in [3.05, 3.63) is 69.5 Å². The van der Waals surface area contributed by atoms with Crippen LogP contribution in [0.4, 0.5) is 0 Å². The van der Waals surface area contributed by atoms with Gasteiger partial charge in [-0.05, 0) is 44.9 Å². The van der Waals surface area contributed by atoms with Gasteiger partial charge in [0.2, 0.25) is 5.78 Å². The van der Waals surface area contributed by atoms with Crippen molar-refractivity contribution in [3.63, 3.8) is 0 Å². The fraction of sp³-hybridized carbons (Fsp3) is 0.318. The summed E-state index contributed by atoms with van der Waals surface area (Å²) in [5.74, 6) is 1.92. The molecule has 2 heterocycles. The summed E-state index contributed by atoms with van der Waals surface area (Å²) in [6, 6.07) is 10.5. The Hall–Kier alpha value is -2.59. The number of benzene rings is 2. The van der Waals surface area contributed by atoms with Gasteiger partial charge < -0.3 is 9.47 Å². The van der Waals surface area contributed by atoms with Crippen LogP contribution in [0.5, 0.6) is 11.5 Å². The Labute approximate surface area is 154 Å². The summed E-state index contributed by atoms with van der Waals surface area (Å²) in [6.45, 7) is 9.96. The second-order valence-corrected chi connectivity index (χ2v) is 7.37. The lowest BCUT2D eigenvalue weighted by molar-refractivity contribution is 0.0876. The Bertz CT molecular complexity index is 921. The molecule has 26 heavy (non-hydrogen) atoms. The van der Waals surface area contributed by atoms with E-state index in [1.807, 2.05) is 26.8 Å². The number of Topliss-reactive ketones (excluding diaryl/α,β-unsaturated/α-hetero) is 1. The highest BCUT2D eigenvalue weighted by Gasteiger charge is 2.34. The Morgan fingerprint density at radius 2 is 1.85 bits per heavy atom. The van der Waals surface area contributed by atoms with Gasteiger partial charge >= 0.3 is 0 Å². The smallest absolute Gasteiger partial charge is 0.231 e. The van der Waals surface area contributed by atoms with Crippen LogP contribution in [0, 0.1) is 13.8 Å². The number of allylic oxidation sites excluding steroid dienone is 2. The van der Waals surface area contributed by atoms with Crippen LogP contribution < -0.4 is 9.47 Å². The van der Waals surface area contributed by atoms with Crippen molar-refractivity contribution in [2.45, 2.75) is 40.8 Å². The lowest BCUT2D eigenvalue weighted by Crippen LogP contribution is -2.32. The maximum absolute atomic E-state index is 12.6. The molecule has 4 nitrogen and oxygen atoms in total. The SMILES string of the molecule is CC(C)=C1Oc2c(cc3c(c2C)OCN(Cc2ccc(C)cc2)C3)C1=O. The van der Waals surface area contributed by atoms with Crippen LogP contribution in [0.3, 0.4) is 0 Å². The maximum Gasteiger partial charge on any atom is 0.231 e. The molecule has 0 unspecified atom stereocenters. The summed E-state index contributed by atoms with van der Waals surface area (Å²) < 4.78 is 11.9. The van der Waals surface area contributed by atoms with Gasteiger partial charge in [0.15, 0.2) is 5.76 Å². The summed E-state index contributed by atoms with van der Waals surface area (Å²) in [4.78, 5) is 14.9. The van der Waals surface area contributed by atoms with E-state index < -0.39 is 0 Å². The number of fused-ring (bicyclic) bond motifs is 2. The van der Waals surface area contributed by atoms with E-state index in [1.54, 1.807) is 0 Å². The third-order valence-electron chi connectivity index (χ3n) is 4.96. The highest BCUT2D eigenvalue weighted by molar-refractivity contribution is 6.13. The number of hydrogen-bond donors (Lipinski definition) is 0. The van der Waals surface area contributed by atoms with Crippen molar-refractivity contribution < 1.29 is 14.3 Å². The van der Waals surface area contributed by atoms with Gasteiger partial charge in [-0.1, -0.05) is 29.8 Å². The topological polar surface area (TPSA) is 38.8 Å². The van der Waals surface area contributed by atoms with Gasteiger partial charge in [0.25, 0.3) is 0 Å². The van der Waals surface area contributed by atoms with Gasteiger partial charge in [-0.3, -0.25) is 9.69 Å². The second kappa shape index (κ2) is 6.29. The maximum atomic E-state index is 12.6. The monoisotopic (exact) mass is 349 g/mol. The standard InChI is InChI=1S/C22H23NO3/c1-13(2)20-19(24)18-9-17-11-23(10-16-7-5-14(3)6-8-16)12-25-21(17)15(4)22(18)26-20/h5-9H,10-12H2,1-4H3. The van der Waals surface area contributed by atoms with Crippen LogP contribution >= 0.6 is 0 Å². The lowest BCUT2D eigenvalue weighted by atomic mass is 9.99. The number of carbonyl (C=O) groups is 1. The number of nitrogens with zero attached hydrogens (tertiary/aromatic N) is 1. The summed E-state index contributed by atoms with van der Waals surface area (Å²) >= 11 is 0. The zero-order valence-electron chi connectivity index (χ0n) is 15.7. The van der Waals surface area contributed by atoms with Crippen LogP contribution in [-0.2, 0) is 13.1 Å². The largest absolute Gasteiger partial charge is 0.477 e. The Kier molecular flexibility index (Phi) is 4.08. The first-order valence-electron chi connectivity index (χ1n) is 8.91. The summed E-state index contributed by atoms with van der Waals surface area (Å²) in [5, 5.41) is 0. The number of rotatable bonds is 2. The fourth-order valence-corrected chi connectivity index (χ4v) is 3.57. The predicted molar refractivity (Wildman–Crippen MR) is 100 cm³/mol. The van der Waals surface area contributed by atoms with Gasteiger partial charge in [0.1, 0.15) is 18.2 Å². The molecule has 2 aliphatic rings. The van der Waals surface area contributed by atoms with E-state index >= 15 is 0 Å². The molecule has 0 atom stereocenters. The van der Waals surface area contributed by atoms with E-state index in [4.69, 9.17) is 9.47 Å². The molecule has 0 saturated heterocycles. The van der Waals surface area contributed by atoms with E-state index in [2.05, 4.69) is 36.1 Å². The Morgan fingerprint density at radius 1 is 1.12 bits per heavy atom. The number of carbonyl (C=O) groups excluding carboxylic acids is 1. The van der Waals surface area contributed by atoms with E-state index in [9.17, 15) is 4.79 Å². The second-order valence-electron chi connectivity index (χ2n) is 7.37. The van der Waals surface area contributed by atoms with E-state index in [-0.39, 0.29) is 5.78 Å². The minimum atomic E-state index is -0.0263. The summed E-state index contributed by atoms with van der Waals surface area (Å²) in [7, 11) is 0. The van der Waals surface area contributed by atoms with Crippen LogP contribution in [0.25, 0.3) is 0 Å². The first-order valence-corrected chi connectivity index (χ1v) is 8.91. The molecular formula is C22H23NO3. The molecule has 0 bridgehead atoms. The Morgan fingerprint density at radius 3 is 2.54 bits per heavy atom. The molecule has 4 rings (SSSR count). The van der Waals surface area contributed by atoms with Crippen molar-refractivity contribution in [2.75, 3.05) is 6.73 Å². The first-order chi connectivity index (χ1) is 12.4. The van der Waals surface area contributed by atoms with Gasteiger partial charge in [-0.15, -0.1) is 0 Å². The molecule has 0 N–H and O–H groups in total. The van der Waals surface area contributed by atoms with Gasteiger partial charge in [0, 0.05) is 24.2 Å². The van der Waals surface area contributed by atoms with Crippen LogP contribution in [0.1, 0.15) is 46.5 Å².